The topological polar surface area (TPSA) is 53.6 Å². The molecule has 0 aliphatic rings. The molecule has 1 unspecified atom stereocenters. The number of carbonyl (C=O) groups is 1. The quantitative estimate of drug-likeness (QED) is 0.560. The molecule has 0 radical (unpaired) electrons. The van der Waals surface area contributed by atoms with E-state index in [1.54, 1.807) is 7.11 Å². The third-order valence-electron chi connectivity index (χ3n) is 3.02. The number of nitrogens with one attached hydrogen (secondary N) is 2. The fourth-order valence-electron chi connectivity index (χ4n) is 1.43. The molecule has 2 N–H and O–H groups in total. The number of ether oxygens (including phenoxy) is 1. The van der Waals surface area contributed by atoms with Crippen LogP contribution in [0, 0.1) is 0 Å². The first-order valence-corrected chi connectivity index (χ1v) is 6.69. The zero-order valence-corrected chi connectivity index (χ0v) is 12.5. The zero-order valence-electron chi connectivity index (χ0n) is 12.5. The molecular formula is C13H29N3O2. The van der Waals surface area contributed by atoms with E-state index < -0.39 is 0 Å². The highest BCUT2D eigenvalue weighted by molar-refractivity contribution is 5.81. The molecule has 0 saturated heterocycles. The molecule has 0 aliphatic heterocycles. The molecule has 0 rings (SSSR count). The highest BCUT2D eigenvalue weighted by Gasteiger charge is 2.11. The van der Waals surface area contributed by atoms with Crippen molar-refractivity contribution >= 4 is 5.91 Å². The molecule has 5 nitrogen and oxygen atoms in total. The minimum absolute atomic E-state index is 0.0317. The monoisotopic (exact) mass is 259 g/mol. The summed E-state index contributed by atoms with van der Waals surface area (Å²) in [7, 11) is 3.74. The van der Waals surface area contributed by atoms with E-state index in [2.05, 4.69) is 36.4 Å². The largest absolute Gasteiger partial charge is 0.383 e. The number of carbonyl (C=O) groups excluding carboxylic acids is 1. The lowest BCUT2D eigenvalue weighted by Gasteiger charge is -2.21. The van der Waals surface area contributed by atoms with Crippen LogP contribution in [0.3, 0.4) is 0 Å². The molecule has 0 aliphatic carbocycles. The summed E-state index contributed by atoms with van der Waals surface area (Å²) < 4.78 is 4.88. The standard InChI is InChI=1S/C13H29N3O2/c1-11(2)16(4)9-6-7-14-12(3)13(17)15-8-10-18-5/h11-12,14H,6-10H2,1-5H3,(H,15,17). The van der Waals surface area contributed by atoms with Gasteiger partial charge < -0.3 is 20.3 Å². The number of methoxy groups -OCH3 is 1. The van der Waals surface area contributed by atoms with Gasteiger partial charge in [0.1, 0.15) is 0 Å². The number of rotatable bonds is 10. The van der Waals surface area contributed by atoms with Gasteiger partial charge in [-0.1, -0.05) is 0 Å². The second kappa shape index (κ2) is 10.3. The summed E-state index contributed by atoms with van der Waals surface area (Å²) in [6, 6.07) is 0.422. The Morgan fingerprint density at radius 1 is 1.28 bits per heavy atom. The predicted molar refractivity (Wildman–Crippen MR) is 74.7 cm³/mol. The molecule has 0 spiro atoms. The van der Waals surface area contributed by atoms with Crippen molar-refractivity contribution in [2.45, 2.75) is 39.3 Å². The van der Waals surface area contributed by atoms with E-state index in [-0.39, 0.29) is 11.9 Å². The Labute approximate surface area is 111 Å². The smallest absolute Gasteiger partial charge is 0.236 e. The Morgan fingerprint density at radius 3 is 2.50 bits per heavy atom. The highest BCUT2D eigenvalue weighted by atomic mass is 16.5. The molecule has 0 heterocycles. The Hall–Kier alpha value is -0.650. The van der Waals surface area contributed by atoms with E-state index in [0.717, 1.165) is 19.5 Å². The van der Waals surface area contributed by atoms with E-state index in [9.17, 15) is 4.79 Å². The van der Waals surface area contributed by atoms with Gasteiger partial charge in [0.2, 0.25) is 5.91 Å². The molecular weight excluding hydrogens is 230 g/mol. The first kappa shape index (κ1) is 17.4. The first-order valence-electron chi connectivity index (χ1n) is 6.69. The van der Waals surface area contributed by atoms with Gasteiger partial charge in [-0.2, -0.15) is 0 Å². The maximum Gasteiger partial charge on any atom is 0.236 e. The molecule has 0 saturated carbocycles. The summed E-state index contributed by atoms with van der Waals surface area (Å²) in [5.74, 6) is 0.0317. The van der Waals surface area contributed by atoms with E-state index in [1.807, 2.05) is 6.92 Å². The highest BCUT2D eigenvalue weighted by Crippen LogP contribution is 1.94. The van der Waals surface area contributed by atoms with Crippen molar-refractivity contribution in [3.8, 4) is 0 Å². The summed E-state index contributed by atoms with van der Waals surface area (Å²) >= 11 is 0. The van der Waals surface area contributed by atoms with Crippen LogP contribution in [0.15, 0.2) is 0 Å². The maximum atomic E-state index is 11.6. The zero-order chi connectivity index (χ0) is 14.0. The molecule has 108 valence electrons. The lowest BCUT2D eigenvalue weighted by molar-refractivity contribution is -0.122. The van der Waals surface area contributed by atoms with Crippen LogP contribution in [0.25, 0.3) is 0 Å². The van der Waals surface area contributed by atoms with Crippen LogP contribution < -0.4 is 10.6 Å². The van der Waals surface area contributed by atoms with Gasteiger partial charge in [-0.3, -0.25) is 4.79 Å². The van der Waals surface area contributed by atoms with Crippen molar-refractivity contribution in [3.63, 3.8) is 0 Å². The van der Waals surface area contributed by atoms with Gasteiger partial charge in [0.15, 0.2) is 0 Å². The average molecular weight is 259 g/mol. The van der Waals surface area contributed by atoms with Crippen LogP contribution in [0.2, 0.25) is 0 Å². The van der Waals surface area contributed by atoms with Crippen molar-refractivity contribution in [2.24, 2.45) is 0 Å². The van der Waals surface area contributed by atoms with Crippen molar-refractivity contribution in [3.05, 3.63) is 0 Å². The Kier molecular flexibility index (Phi) is 9.92. The van der Waals surface area contributed by atoms with Gasteiger partial charge in [0.25, 0.3) is 0 Å². The molecule has 0 aromatic carbocycles. The van der Waals surface area contributed by atoms with Crippen LogP contribution in [0.4, 0.5) is 0 Å². The van der Waals surface area contributed by atoms with Gasteiger partial charge in [-0.15, -0.1) is 0 Å². The second-order valence-corrected chi connectivity index (χ2v) is 4.89. The van der Waals surface area contributed by atoms with Crippen LogP contribution in [-0.2, 0) is 9.53 Å². The number of hydrogen-bond acceptors (Lipinski definition) is 4. The molecule has 5 heteroatoms. The number of amides is 1. The molecule has 0 aromatic rings. The summed E-state index contributed by atoms with van der Waals surface area (Å²) in [6.45, 7) is 9.26. The predicted octanol–water partition coefficient (Wildman–Crippen LogP) is 0.457. The van der Waals surface area contributed by atoms with Crippen LogP contribution >= 0.6 is 0 Å². The molecule has 1 amide bonds. The average Bonchev–Trinajstić information content (AvgIpc) is 2.33. The van der Waals surface area contributed by atoms with Crippen molar-refractivity contribution in [1.29, 1.82) is 0 Å². The summed E-state index contributed by atoms with van der Waals surface area (Å²) in [5.41, 5.74) is 0. The molecule has 0 fully saturated rings. The summed E-state index contributed by atoms with van der Waals surface area (Å²) in [6.07, 6.45) is 1.05. The minimum Gasteiger partial charge on any atom is -0.383 e. The lowest BCUT2D eigenvalue weighted by Crippen LogP contribution is -2.44. The number of nitrogens with zero attached hydrogens (tertiary/aromatic N) is 1. The fourth-order valence-corrected chi connectivity index (χ4v) is 1.43. The summed E-state index contributed by atoms with van der Waals surface area (Å²) in [4.78, 5) is 13.9. The van der Waals surface area contributed by atoms with Gasteiger partial charge in [0, 0.05) is 19.7 Å². The minimum atomic E-state index is -0.147. The fraction of sp³-hybridized carbons (Fsp3) is 0.923. The third-order valence-corrected chi connectivity index (χ3v) is 3.02. The molecule has 1 atom stereocenters. The van der Waals surface area contributed by atoms with Crippen molar-refractivity contribution in [1.82, 2.24) is 15.5 Å². The van der Waals surface area contributed by atoms with Gasteiger partial charge in [-0.25, -0.2) is 0 Å². The normalized spacial score (nSPS) is 13.1. The van der Waals surface area contributed by atoms with Crippen molar-refractivity contribution in [2.75, 3.05) is 40.4 Å². The van der Waals surface area contributed by atoms with Gasteiger partial charge in [0.05, 0.1) is 12.6 Å². The second-order valence-electron chi connectivity index (χ2n) is 4.89. The maximum absolute atomic E-state index is 11.6. The first-order chi connectivity index (χ1) is 8.49. The Morgan fingerprint density at radius 2 is 1.94 bits per heavy atom. The van der Waals surface area contributed by atoms with Gasteiger partial charge >= 0.3 is 0 Å². The lowest BCUT2D eigenvalue weighted by atomic mass is 10.2. The van der Waals surface area contributed by atoms with E-state index in [0.29, 0.717) is 19.2 Å². The Bertz CT molecular complexity index is 222. The molecule has 0 bridgehead atoms. The molecule has 18 heavy (non-hydrogen) atoms. The van der Waals surface area contributed by atoms with Crippen LogP contribution in [0.5, 0.6) is 0 Å². The van der Waals surface area contributed by atoms with Crippen LogP contribution in [-0.4, -0.2) is 63.3 Å². The molecule has 0 aromatic heterocycles. The summed E-state index contributed by atoms with van der Waals surface area (Å²) in [5, 5.41) is 6.04. The van der Waals surface area contributed by atoms with Gasteiger partial charge in [-0.05, 0) is 47.3 Å². The SMILES string of the molecule is COCCNC(=O)C(C)NCCCN(C)C(C)C. The van der Waals surface area contributed by atoms with E-state index in [4.69, 9.17) is 4.74 Å². The van der Waals surface area contributed by atoms with Crippen molar-refractivity contribution < 1.29 is 9.53 Å². The van der Waals surface area contributed by atoms with Crippen LogP contribution in [0.1, 0.15) is 27.2 Å². The Balaban J connectivity index is 3.57. The van der Waals surface area contributed by atoms with E-state index >= 15 is 0 Å². The number of hydrogen-bond donors (Lipinski definition) is 2. The van der Waals surface area contributed by atoms with E-state index in [1.165, 1.54) is 0 Å². The third kappa shape index (κ3) is 8.44.